The third-order valence-corrected chi connectivity index (χ3v) is 8.03. The summed E-state index contributed by atoms with van der Waals surface area (Å²) in [6.45, 7) is 1.67. The van der Waals surface area contributed by atoms with E-state index in [2.05, 4.69) is 30.7 Å². The molecule has 0 saturated heterocycles. The Kier molecular flexibility index (Phi) is 7.02. The number of benzene rings is 2. The molecule has 3 N–H and O–H groups in total. The molecule has 0 saturated carbocycles. The van der Waals surface area contributed by atoms with E-state index in [1.807, 2.05) is 0 Å². The van der Waals surface area contributed by atoms with Crippen LogP contribution >= 0.6 is 0 Å². The second-order valence-corrected chi connectivity index (χ2v) is 11.1. The Hall–Kier alpha value is -4.73. The smallest absolute Gasteiger partial charge is 0.347 e. The Balaban J connectivity index is 1.30. The van der Waals surface area contributed by atoms with E-state index >= 15 is 0 Å². The molecule has 2 aromatic carbocycles. The van der Waals surface area contributed by atoms with Crippen molar-refractivity contribution in [3.8, 4) is 11.4 Å². The molecule has 0 spiro atoms. The van der Waals surface area contributed by atoms with E-state index in [-0.39, 0.29) is 45.6 Å². The molecule has 5 rings (SSSR count). The lowest BCUT2D eigenvalue weighted by atomic mass is 10.1. The number of hydrogen-bond donors (Lipinski definition) is 3. The second-order valence-electron chi connectivity index (χ2n) is 9.12. The molecule has 11 nitrogen and oxygen atoms in total. The molecule has 212 valence electrons. The molecular formula is C25H19F4N7O4S. The van der Waals surface area contributed by atoms with Crippen LogP contribution in [-0.2, 0) is 22.6 Å². The summed E-state index contributed by atoms with van der Waals surface area (Å²) < 4.78 is 77.7. The lowest BCUT2D eigenvalue weighted by Gasteiger charge is -2.13. The molecular weight excluding hydrogens is 570 g/mol. The third kappa shape index (κ3) is 5.77. The van der Waals surface area contributed by atoms with Crippen LogP contribution in [0.25, 0.3) is 11.4 Å². The number of aryl methyl sites for hydroxylation is 1. The Labute approximate surface area is 229 Å². The molecule has 0 fully saturated rings. The summed E-state index contributed by atoms with van der Waals surface area (Å²) in [5, 5.41) is 10.5. The number of halogens is 4. The van der Waals surface area contributed by atoms with Crippen LogP contribution in [-0.4, -0.2) is 51.1 Å². The SMILES string of the molecule is Cc1cc(CNC(=O)c2cc(C(=O)N[C@H]3CS(=O)(=O)c4cc(-c5n[nH]c(C(F)(F)F)n5)ccc43)ncn2)ccc1F. The molecule has 4 aromatic rings. The quantitative estimate of drug-likeness (QED) is 0.290. The highest BCUT2D eigenvalue weighted by Gasteiger charge is 2.38. The average Bonchev–Trinajstić information content (AvgIpc) is 3.52. The van der Waals surface area contributed by atoms with Crippen LogP contribution in [0.15, 0.2) is 53.7 Å². The number of aromatic amines is 1. The molecule has 0 unspecified atom stereocenters. The van der Waals surface area contributed by atoms with Crippen molar-refractivity contribution in [1.82, 2.24) is 35.8 Å². The number of H-pyrrole nitrogens is 1. The van der Waals surface area contributed by atoms with Gasteiger partial charge in [0, 0.05) is 18.2 Å². The van der Waals surface area contributed by atoms with Gasteiger partial charge in [-0.2, -0.15) is 18.3 Å². The normalized spacial score (nSPS) is 15.8. The van der Waals surface area contributed by atoms with Crippen molar-refractivity contribution in [2.24, 2.45) is 0 Å². The number of nitrogens with one attached hydrogen (secondary N) is 3. The van der Waals surface area contributed by atoms with Gasteiger partial charge in [-0.05, 0) is 35.7 Å². The number of rotatable bonds is 6. The fourth-order valence-electron chi connectivity index (χ4n) is 4.19. The topological polar surface area (TPSA) is 160 Å². The monoisotopic (exact) mass is 589 g/mol. The molecule has 41 heavy (non-hydrogen) atoms. The molecule has 0 bridgehead atoms. The summed E-state index contributed by atoms with van der Waals surface area (Å²) in [7, 11) is -3.92. The Bertz CT molecular complexity index is 1790. The minimum atomic E-state index is -4.76. The third-order valence-electron chi connectivity index (χ3n) is 6.24. The van der Waals surface area contributed by atoms with Crippen molar-refractivity contribution in [3.05, 3.63) is 88.5 Å². The van der Waals surface area contributed by atoms with Gasteiger partial charge in [-0.25, -0.2) is 27.8 Å². The molecule has 3 heterocycles. The summed E-state index contributed by atoms with van der Waals surface area (Å²) in [6, 6.07) is 8.37. The zero-order valence-electron chi connectivity index (χ0n) is 21.0. The molecule has 0 radical (unpaired) electrons. The summed E-state index contributed by atoms with van der Waals surface area (Å²) in [5.41, 5.74) is 0.988. The van der Waals surface area contributed by atoms with E-state index in [0.29, 0.717) is 11.1 Å². The van der Waals surface area contributed by atoms with Crippen LogP contribution in [0.4, 0.5) is 17.6 Å². The lowest BCUT2D eigenvalue weighted by molar-refractivity contribution is -0.144. The lowest BCUT2D eigenvalue weighted by Crippen LogP contribution is -2.31. The minimum Gasteiger partial charge on any atom is -0.347 e. The predicted molar refractivity (Wildman–Crippen MR) is 133 cm³/mol. The van der Waals surface area contributed by atoms with Crippen molar-refractivity contribution in [3.63, 3.8) is 0 Å². The maximum atomic E-state index is 13.5. The number of fused-ring (bicyclic) bond motifs is 1. The van der Waals surface area contributed by atoms with Crippen molar-refractivity contribution in [2.45, 2.75) is 30.6 Å². The van der Waals surface area contributed by atoms with E-state index in [1.165, 1.54) is 24.3 Å². The predicted octanol–water partition coefficient (Wildman–Crippen LogP) is 2.92. The first-order valence-corrected chi connectivity index (χ1v) is 13.5. The summed E-state index contributed by atoms with van der Waals surface area (Å²) in [6.07, 6.45) is -3.75. The van der Waals surface area contributed by atoms with Gasteiger partial charge in [0.25, 0.3) is 11.8 Å². The standard InChI is InChI=1S/C25H19F4N7O4S/c1-12-6-13(2-5-16(12)26)9-30-22(37)17-8-18(32-11-31-17)23(38)33-19-10-41(39,40)20-7-14(3-4-15(19)20)21-34-24(36-35-21)25(27,28)29/h2-8,11,19H,9-10H2,1H3,(H,30,37)(H,33,38)(H,34,35,36)/t19-/m0/s1. The van der Waals surface area contributed by atoms with Gasteiger partial charge < -0.3 is 10.6 Å². The largest absolute Gasteiger partial charge is 0.451 e. The molecule has 1 aliphatic heterocycles. The summed E-state index contributed by atoms with van der Waals surface area (Å²) in [4.78, 5) is 36.4. The zero-order chi connectivity index (χ0) is 29.5. The number of hydrogen-bond acceptors (Lipinski definition) is 8. The Morgan fingerprint density at radius 3 is 2.46 bits per heavy atom. The number of aromatic nitrogens is 5. The first-order chi connectivity index (χ1) is 19.3. The van der Waals surface area contributed by atoms with Crippen LogP contribution in [0.5, 0.6) is 0 Å². The number of alkyl halides is 3. The summed E-state index contributed by atoms with van der Waals surface area (Å²) in [5.74, 6) is -3.95. The number of sulfone groups is 1. The molecule has 2 amide bonds. The van der Waals surface area contributed by atoms with Crippen molar-refractivity contribution < 1.29 is 35.6 Å². The summed E-state index contributed by atoms with van der Waals surface area (Å²) >= 11 is 0. The highest BCUT2D eigenvalue weighted by Crippen LogP contribution is 2.36. The maximum Gasteiger partial charge on any atom is 0.451 e. The molecule has 1 atom stereocenters. The average molecular weight is 590 g/mol. The Morgan fingerprint density at radius 1 is 1.05 bits per heavy atom. The fourth-order valence-corrected chi connectivity index (χ4v) is 5.95. The number of amides is 2. The van der Waals surface area contributed by atoms with E-state index in [4.69, 9.17) is 0 Å². The van der Waals surface area contributed by atoms with E-state index in [0.717, 1.165) is 18.5 Å². The number of carbonyl (C=O) groups is 2. The van der Waals surface area contributed by atoms with Crippen molar-refractivity contribution >= 4 is 21.7 Å². The maximum absolute atomic E-state index is 13.5. The highest BCUT2D eigenvalue weighted by atomic mass is 32.2. The highest BCUT2D eigenvalue weighted by molar-refractivity contribution is 7.91. The first kappa shape index (κ1) is 27.8. The molecule has 0 aliphatic carbocycles. The van der Waals surface area contributed by atoms with Gasteiger partial charge in [0.05, 0.1) is 16.7 Å². The van der Waals surface area contributed by atoms with Gasteiger partial charge in [0.2, 0.25) is 5.82 Å². The first-order valence-electron chi connectivity index (χ1n) is 11.8. The number of nitrogens with zero attached hydrogens (tertiary/aromatic N) is 4. The molecule has 16 heteroatoms. The van der Waals surface area contributed by atoms with Crippen LogP contribution in [0, 0.1) is 12.7 Å². The number of carbonyl (C=O) groups excluding carboxylic acids is 2. The minimum absolute atomic E-state index is 0.0355. The van der Waals surface area contributed by atoms with Gasteiger partial charge in [0.15, 0.2) is 15.7 Å². The van der Waals surface area contributed by atoms with Crippen molar-refractivity contribution in [2.75, 3.05) is 5.75 Å². The van der Waals surface area contributed by atoms with Crippen molar-refractivity contribution in [1.29, 1.82) is 0 Å². The van der Waals surface area contributed by atoms with E-state index < -0.39 is 45.4 Å². The van der Waals surface area contributed by atoms with E-state index in [9.17, 15) is 35.6 Å². The molecule has 2 aromatic heterocycles. The van der Waals surface area contributed by atoms with Crippen LogP contribution < -0.4 is 10.6 Å². The van der Waals surface area contributed by atoms with Gasteiger partial charge in [0.1, 0.15) is 23.5 Å². The van der Waals surface area contributed by atoms with E-state index in [1.54, 1.807) is 18.1 Å². The second kappa shape index (κ2) is 10.3. The van der Waals surface area contributed by atoms with Crippen LogP contribution in [0.3, 0.4) is 0 Å². The van der Waals surface area contributed by atoms with Crippen LogP contribution in [0.1, 0.15) is 49.5 Å². The zero-order valence-corrected chi connectivity index (χ0v) is 21.8. The van der Waals surface area contributed by atoms with Gasteiger partial charge in [-0.3, -0.25) is 14.7 Å². The Morgan fingerprint density at radius 2 is 1.78 bits per heavy atom. The van der Waals surface area contributed by atoms with Gasteiger partial charge >= 0.3 is 6.18 Å². The van der Waals surface area contributed by atoms with Gasteiger partial charge in [-0.1, -0.05) is 24.3 Å². The van der Waals surface area contributed by atoms with Gasteiger partial charge in [-0.15, -0.1) is 0 Å². The fraction of sp³-hybridized carbons (Fsp3) is 0.200. The molecule has 1 aliphatic rings. The van der Waals surface area contributed by atoms with Crippen LogP contribution in [0.2, 0.25) is 0 Å².